The van der Waals surface area contributed by atoms with Crippen LogP contribution in [0.25, 0.3) is 16.8 Å². The smallest absolute Gasteiger partial charge is 0.118 e. The van der Waals surface area contributed by atoms with Crippen molar-refractivity contribution in [2.75, 3.05) is 32.7 Å². The Morgan fingerprint density at radius 1 is 1.00 bits per heavy atom. The van der Waals surface area contributed by atoms with Gasteiger partial charge in [-0.3, -0.25) is 4.98 Å². The predicted octanol–water partition coefficient (Wildman–Crippen LogP) is 6.21. The lowest BCUT2D eigenvalue weighted by Crippen LogP contribution is -2.41. The van der Waals surface area contributed by atoms with Crippen LogP contribution in [-0.2, 0) is 6.42 Å². The number of piperidine rings is 1. The van der Waals surface area contributed by atoms with Crippen LogP contribution in [0.4, 0.5) is 4.39 Å². The fourth-order valence-corrected chi connectivity index (χ4v) is 5.08. The first-order valence-electron chi connectivity index (χ1n) is 12.3. The third kappa shape index (κ3) is 6.19. The minimum atomic E-state index is -1.10. The number of nitrogens with zero attached hydrogens (tertiary/aromatic N) is 3. The van der Waals surface area contributed by atoms with Gasteiger partial charge in [-0.25, -0.2) is 4.39 Å². The molecule has 1 aromatic heterocycles. The maximum atomic E-state index is 13.9. The van der Waals surface area contributed by atoms with E-state index in [-0.39, 0.29) is 0 Å². The van der Waals surface area contributed by atoms with Crippen molar-refractivity contribution in [2.24, 2.45) is 5.92 Å². The Kier molecular flexibility index (Phi) is 7.30. The van der Waals surface area contributed by atoms with E-state index in [0.717, 1.165) is 49.8 Å². The molecule has 2 aliphatic heterocycles. The minimum Gasteiger partial charge on any atom is -0.372 e. The second kappa shape index (κ2) is 10.2. The fourth-order valence-electron chi connectivity index (χ4n) is 5.08. The summed E-state index contributed by atoms with van der Waals surface area (Å²) in [5, 5.41) is 0. The van der Waals surface area contributed by atoms with Gasteiger partial charge in [0.15, 0.2) is 0 Å². The molecule has 2 fully saturated rings. The maximum Gasteiger partial charge on any atom is 0.118 e. The molecule has 0 radical (unpaired) electrons. The number of benzene rings is 1. The second-order valence-corrected chi connectivity index (χ2v) is 10.2. The van der Waals surface area contributed by atoms with E-state index in [2.05, 4.69) is 52.8 Å². The summed E-state index contributed by atoms with van der Waals surface area (Å²) >= 11 is 0. The number of halogens is 1. The second-order valence-electron chi connectivity index (χ2n) is 10.2. The molecule has 0 unspecified atom stereocenters. The van der Waals surface area contributed by atoms with E-state index in [9.17, 15) is 4.39 Å². The van der Waals surface area contributed by atoms with Gasteiger partial charge in [0.2, 0.25) is 0 Å². The van der Waals surface area contributed by atoms with Gasteiger partial charge in [0, 0.05) is 42.8 Å². The topological polar surface area (TPSA) is 19.4 Å². The summed E-state index contributed by atoms with van der Waals surface area (Å²) in [7, 11) is 0. The molecule has 0 atom stereocenters. The average molecular weight is 436 g/mol. The molecule has 0 saturated carbocycles. The number of aromatic nitrogens is 1. The molecule has 4 rings (SSSR count). The zero-order valence-electron chi connectivity index (χ0n) is 19.8. The Bertz CT molecular complexity index is 868. The fraction of sp³-hybridized carbons (Fsp3) is 0.536. The van der Waals surface area contributed by atoms with Crippen molar-refractivity contribution in [2.45, 2.75) is 58.0 Å². The van der Waals surface area contributed by atoms with Crippen LogP contribution in [0.15, 0.2) is 49.2 Å². The van der Waals surface area contributed by atoms with Gasteiger partial charge in [-0.15, -0.1) is 0 Å². The Hall–Kier alpha value is -2.20. The Morgan fingerprint density at radius 2 is 1.66 bits per heavy atom. The quantitative estimate of drug-likeness (QED) is 0.491. The lowest BCUT2D eigenvalue weighted by Gasteiger charge is -2.34. The molecule has 0 aliphatic carbocycles. The van der Waals surface area contributed by atoms with E-state index in [1.807, 2.05) is 6.20 Å². The molecule has 0 N–H and O–H groups in total. The molecule has 2 saturated heterocycles. The standard InChI is InChI=1S/C28H38FN3/c1-22(32-16-4-5-17-32)24-7-9-25(10-8-24)26-11-13-27(30-20-26)12-6-23-14-18-31(19-15-23)21-28(2,3)29/h7-11,13,20,23H,1,4-6,12,14-19,21H2,2-3H3. The molecule has 3 heterocycles. The highest BCUT2D eigenvalue weighted by molar-refractivity contribution is 5.68. The molecule has 0 amide bonds. The number of alkyl halides is 1. The largest absolute Gasteiger partial charge is 0.372 e. The summed E-state index contributed by atoms with van der Waals surface area (Å²) in [5.41, 5.74) is 4.78. The van der Waals surface area contributed by atoms with E-state index in [1.165, 1.54) is 48.9 Å². The van der Waals surface area contributed by atoms with Crippen molar-refractivity contribution in [3.63, 3.8) is 0 Å². The van der Waals surface area contributed by atoms with Crippen LogP contribution >= 0.6 is 0 Å². The van der Waals surface area contributed by atoms with E-state index >= 15 is 0 Å². The maximum absolute atomic E-state index is 13.9. The number of likely N-dealkylation sites (tertiary alicyclic amines) is 2. The first-order chi connectivity index (χ1) is 15.4. The lowest BCUT2D eigenvalue weighted by atomic mass is 9.91. The molecule has 2 aliphatic rings. The Morgan fingerprint density at radius 3 is 2.25 bits per heavy atom. The van der Waals surface area contributed by atoms with Crippen LogP contribution in [0.5, 0.6) is 0 Å². The third-order valence-electron chi connectivity index (χ3n) is 6.98. The van der Waals surface area contributed by atoms with Gasteiger partial charge in [0.25, 0.3) is 0 Å². The van der Waals surface area contributed by atoms with Gasteiger partial charge in [-0.05, 0) is 88.6 Å². The summed E-state index contributed by atoms with van der Waals surface area (Å²) in [5.74, 6) is 0.728. The Balaban J connectivity index is 1.26. The van der Waals surface area contributed by atoms with Gasteiger partial charge in [-0.1, -0.05) is 36.9 Å². The van der Waals surface area contributed by atoms with Gasteiger partial charge >= 0.3 is 0 Å². The van der Waals surface area contributed by atoms with Gasteiger partial charge in [-0.2, -0.15) is 0 Å². The van der Waals surface area contributed by atoms with Crippen molar-refractivity contribution in [1.82, 2.24) is 14.8 Å². The molecular weight excluding hydrogens is 397 g/mol. The normalized spacial score (nSPS) is 18.3. The minimum absolute atomic E-state index is 0.552. The predicted molar refractivity (Wildman–Crippen MR) is 132 cm³/mol. The summed E-state index contributed by atoms with van der Waals surface area (Å²) in [6, 6.07) is 13.1. The molecule has 32 heavy (non-hydrogen) atoms. The van der Waals surface area contributed by atoms with Crippen molar-refractivity contribution in [3.05, 3.63) is 60.4 Å². The zero-order chi connectivity index (χ0) is 22.6. The summed E-state index contributed by atoms with van der Waals surface area (Å²) < 4.78 is 13.9. The molecular formula is C28H38FN3. The number of hydrogen-bond acceptors (Lipinski definition) is 3. The van der Waals surface area contributed by atoms with Crippen LogP contribution in [0, 0.1) is 5.92 Å². The molecule has 2 aromatic rings. The van der Waals surface area contributed by atoms with E-state index < -0.39 is 5.67 Å². The van der Waals surface area contributed by atoms with E-state index in [1.54, 1.807) is 13.8 Å². The van der Waals surface area contributed by atoms with Crippen LogP contribution in [0.2, 0.25) is 0 Å². The Labute approximate surface area is 193 Å². The average Bonchev–Trinajstić information content (AvgIpc) is 3.33. The van der Waals surface area contributed by atoms with Crippen LogP contribution in [0.1, 0.15) is 57.2 Å². The van der Waals surface area contributed by atoms with Crippen molar-refractivity contribution in [1.29, 1.82) is 0 Å². The SMILES string of the molecule is C=C(c1ccc(-c2ccc(CCC3CCN(CC(C)(C)F)CC3)nc2)cc1)N1CCCC1. The van der Waals surface area contributed by atoms with Gasteiger partial charge < -0.3 is 9.80 Å². The first kappa shape index (κ1) is 23.0. The van der Waals surface area contributed by atoms with E-state index in [4.69, 9.17) is 4.98 Å². The summed E-state index contributed by atoms with van der Waals surface area (Å²) in [6.07, 6.45) is 9.08. The van der Waals surface area contributed by atoms with Gasteiger partial charge in [0.05, 0.1) is 0 Å². The number of hydrogen-bond donors (Lipinski definition) is 0. The molecule has 0 bridgehead atoms. The van der Waals surface area contributed by atoms with Gasteiger partial charge in [0.1, 0.15) is 5.67 Å². The number of rotatable bonds is 8. The number of pyridine rings is 1. The highest BCUT2D eigenvalue weighted by Gasteiger charge is 2.25. The highest BCUT2D eigenvalue weighted by atomic mass is 19.1. The van der Waals surface area contributed by atoms with E-state index in [0.29, 0.717) is 6.54 Å². The third-order valence-corrected chi connectivity index (χ3v) is 6.98. The van der Waals surface area contributed by atoms with Crippen LogP contribution in [-0.4, -0.2) is 53.2 Å². The van der Waals surface area contributed by atoms with Crippen LogP contribution < -0.4 is 0 Å². The molecule has 1 aromatic carbocycles. The molecule has 0 spiro atoms. The summed E-state index contributed by atoms with van der Waals surface area (Å²) in [4.78, 5) is 9.40. The lowest BCUT2D eigenvalue weighted by molar-refractivity contribution is 0.0942. The van der Waals surface area contributed by atoms with Crippen molar-refractivity contribution >= 4 is 5.70 Å². The first-order valence-corrected chi connectivity index (χ1v) is 12.3. The van der Waals surface area contributed by atoms with Crippen molar-refractivity contribution in [3.8, 4) is 11.1 Å². The molecule has 3 nitrogen and oxygen atoms in total. The van der Waals surface area contributed by atoms with Crippen LogP contribution in [0.3, 0.4) is 0 Å². The zero-order valence-corrected chi connectivity index (χ0v) is 19.8. The number of aryl methyl sites for hydroxylation is 1. The molecule has 4 heteroatoms. The summed E-state index contributed by atoms with van der Waals surface area (Å²) in [6.45, 7) is 12.5. The highest BCUT2D eigenvalue weighted by Crippen LogP contribution is 2.27. The monoisotopic (exact) mass is 435 g/mol. The van der Waals surface area contributed by atoms with Crippen molar-refractivity contribution < 1.29 is 4.39 Å². The molecule has 172 valence electrons.